The van der Waals surface area contributed by atoms with Gasteiger partial charge in [0.1, 0.15) is 16.5 Å². The van der Waals surface area contributed by atoms with E-state index < -0.39 is 0 Å². The van der Waals surface area contributed by atoms with E-state index in [1.165, 1.54) is 0 Å². The molecule has 108 valence electrons. The first kappa shape index (κ1) is 15.0. The van der Waals surface area contributed by atoms with Crippen LogP contribution in [-0.2, 0) is 11.3 Å². The molecule has 1 unspecified atom stereocenters. The van der Waals surface area contributed by atoms with Gasteiger partial charge in [-0.3, -0.25) is 4.79 Å². The molecule has 5 heteroatoms. The molecule has 0 aliphatic heterocycles. The molecule has 20 heavy (non-hydrogen) atoms. The van der Waals surface area contributed by atoms with Gasteiger partial charge < -0.3 is 4.57 Å². The van der Waals surface area contributed by atoms with Crippen LogP contribution in [0.2, 0.25) is 5.15 Å². The molecule has 0 aromatic carbocycles. The van der Waals surface area contributed by atoms with Crippen molar-refractivity contribution < 1.29 is 4.79 Å². The number of Topliss-reactive ketones (excluding diaryl/α,β-unsaturated/α-hetero) is 1. The molecular weight excluding hydrogens is 274 g/mol. The van der Waals surface area contributed by atoms with E-state index in [2.05, 4.69) is 23.8 Å². The highest BCUT2D eigenvalue weighted by atomic mass is 35.5. The van der Waals surface area contributed by atoms with Crippen LogP contribution in [0.5, 0.6) is 0 Å². The number of aryl methyl sites for hydroxylation is 1. The van der Waals surface area contributed by atoms with E-state index in [1.54, 1.807) is 6.07 Å². The molecule has 4 nitrogen and oxygen atoms in total. The first-order valence-electron chi connectivity index (χ1n) is 7.02. The minimum atomic E-state index is 0.217. The molecule has 0 spiro atoms. The Bertz CT molecular complexity index is 621. The summed E-state index contributed by atoms with van der Waals surface area (Å²) in [7, 11) is 0. The molecule has 2 heterocycles. The summed E-state index contributed by atoms with van der Waals surface area (Å²) in [4.78, 5) is 20.8. The Kier molecular flexibility index (Phi) is 4.76. The van der Waals surface area contributed by atoms with Crippen LogP contribution >= 0.6 is 11.6 Å². The highest BCUT2D eigenvalue weighted by molar-refractivity contribution is 6.29. The molecule has 2 rings (SSSR count). The molecule has 0 N–H and O–H groups in total. The predicted molar refractivity (Wildman–Crippen MR) is 81.0 cm³/mol. The normalized spacial score (nSPS) is 12.8. The lowest BCUT2D eigenvalue weighted by Gasteiger charge is -2.09. The maximum Gasteiger partial charge on any atom is 0.162 e. The van der Waals surface area contributed by atoms with Crippen LogP contribution < -0.4 is 0 Å². The molecule has 2 aromatic rings. The fourth-order valence-electron chi connectivity index (χ4n) is 2.15. The van der Waals surface area contributed by atoms with Gasteiger partial charge in [0.25, 0.3) is 0 Å². The number of rotatable bonds is 6. The second-order valence-corrected chi connectivity index (χ2v) is 5.70. The van der Waals surface area contributed by atoms with Gasteiger partial charge in [-0.1, -0.05) is 31.9 Å². The van der Waals surface area contributed by atoms with Crippen molar-refractivity contribution in [1.29, 1.82) is 0 Å². The van der Waals surface area contributed by atoms with Crippen LogP contribution in [0.25, 0.3) is 11.2 Å². The maximum absolute atomic E-state index is 12.1. The average Bonchev–Trinajstić information content (AvgIpc) is 2.72. The van der Waals surface area contributed by atoms with Gasteiger partial charge >= 0.3 is 0 Å². The van der Waals surface area contributed by atoms with E-state index in [0.29, 0.717) is 29.7 Å². The summed E-state index contributed by atoms with van der Waals surface area (Å²) in [5.41, 5.74) is 1.47. The van der Waals surface area contributed by atoms with E-state index in [4.69, 9.17) is 11.6 Å². The number of halogens is 1. The lowest BCUT2D eigenvalue weighted by Crippen LogP contribution is -2.12. The molecular formula is C15H20ClN3O. The molecule has 2 aromatic heterocycles. The predicted octanol–water partition coefficient (Wildman–Crippen LogP) is 3.79. The lowest BCUT2D eigenvalue weighted by molar-refractivity contribution is -0.119. The summed E-state index contributed by atoms with van der Waals surface area (Å²) in [6.45, 7) is 6.53. The van der Waals surface area contributed by atoms with Gasteiger partial charge in [-0.25, -0.2) is 9.97 Å². The molecule has 0 fully saturated rings. The number of carbonyl (C=O) groups is 1. The SMILES string of the molecule is CCC(C)CCC(=O)Cn1c(C)nc2ccc(Cl)nc21. The third-order valence-corrected chi connectivity index (χ3v) is 3.91. The summed E-state index contributed by atoms with van der Waals surface area (Å²) in [6.07, 6.45) is 2.65. The molecule has 0 aliphatic carbocycles. The van der Waals surface area contributed by atoms with Crippen molar-refractivity contribution in [1.82, 2.24) is 14.5 Å². The second kappa shape index (κ2) is 6.35. The first-order chi connectivity index (χ1) is 9.51. The summed E-state index contributed by atoms with van der Waals surface area (Å²) in [6, 6.07) is 3.54. The maximum atomic E-state index is 12.1. The topological polar surface area (TPSA) is 47.8 Å². The van der Waals surface area contributed by atoms with E-state index in [1.807, 2.05) is 17.6 Å². The number of nitrogens with zero attached hydrogens (tertiary/aromatic N) is 3. The summed E-state index contributed by atoms with van der Waals surface area (Å²) >= 11 is 5.92. The zero-order valence-electron chi connectivity index (χ0n) is 12.2. The Hall–Kier alpha value is -1.42. The number of hydrogen-bond acceptors (Lipinski definition) is 3. The van der Waals surface area contributed by atoms with Gasteiger partial charge in [0.05, 0.1) is 6.54 Å². The van der Waals surface area contributed by atoms with Crippen LogP contribution in [-0.4, -0.2) is 20.3 Å². The van der Waals surface area contributed by atoms with Gasteiger partial charge in [-0.2, -0.15) is 0 Å². The number of ketones is 1. The average molecular weight is 294 g/mol. The Labute approximate surface area is 124 Å². The largest absolute Gasteiger partial charge is 0.305 e. The van der Waals surface area contributed by atoms with E-state index in [0.717, 1.165) is 24.2 Å². The number of pyridine rings is 1. The van der Waals surface area contributed by atoms with Crippen molar-refractivity contribution in [2.45, 2.75) is 46.6 Å². The van der Waals surface area contributed by atoms with Crippen molar-refractivity contribution >= 4 is 28.5 Å². The van der Waals surface area contributed by atoms with Gasteiger partial charge in [-0.05, 0) is 31.4 Å². The smallest absolute Gasteiger partial charge is 0.162 e. The monoisotopic (exact) mass is 293 g/mol. The zero-order chi connectivity index (χ0) is 14.7. The third-order valence-electron chi connectivity index (χ3n) is 3.70. The number of carbonyl (C=O) groups excluding carboxylic acids is 1. The van der Waals surface area contributed by atoms with Crippen molar-refractivity contribution in [2.24, 2.45) is 5.92 Å². The number of imidazole rings is 1. The van der Waals surface area contributed by atoms with Crippen molar-refractivity contribution in [2.75, 3.05) is 0 Å². The summed E-state index contributed by atoms with van der Waals surface area (Å²) in [5.74, 6) is 1.60. The van der Waals surface area contributed by atoms with Crippen LogP contribution in [0, 0.1) is 12.8 Å². The lowest BCUT2D eigenvalue weighted by atomic mass is 10.0. The summed E-state index contributed by atoms with van der Waals surface area (Å²) in [5, 5.41) is 0.422. The minimum Gasteiger partial charge on any atom is -0.305 e. The number of hydrogen-bond donors (Lipinski definition) is 0. The standard InChI is InChI=1S/C15H20ClN3O/c1-4-10(2)5-6-12(20)9-19-11(3)17-13-7-8-14(16)18-15(13)19/h7-8,10H,4-6,9H2,1-3H3. The van der Waals surface area contributed by atoms with Crippen LogP contribution in [0.4, 0.5) is 0 Å². The van der Waals surface area contributed by atoms with E-state index in [9.17, 15) is 4.79 Å². The first-order valence-corrected chi connectivity index (χ1v) is 7.40. The highest BCUT2D eigenvalue weighted by Crippen LogP contribution is 2.17. The van der Waals surface area contributed by atoms with E-state index in [-0.39, 0.29) is 5.78 Å². The van der Waals surface area contributed by atoms with Gasteiger partial charge in [0.2, 0.25) is 0 Å². The molecule has 0 bridgehead atoms. The van der Waals surface area contributed by atoms with Crippen LogP contribution in [0.15, 0.2) is 12.1 Å². The van der Waals surface area contributed by atoms with Crippen molar-refractivity contribution in [3.63, 3.8) is 0 Å². The molecule has 0 aliphatic rings. The fourth-order valence-corrected chi connectivity index (χ4v) is 2.29. The molecule has 1 atom stereocenters. The van der Waals surface area contributed by atoms with Crippen LogP contribution in [0.1, 0.15) is 38.9 Å². The second-order valence-electron chi connectivity index (χ2n) is 5.31. The highest BCUT2D eigenvalue weighted by Gasteiger charge is 2.13. The third kappa shape index (κ3) is 3.37. The van der Waals surface area contributed by atoms with E-state index >= 15 is 0 Å². The quantitative estimate of drug-likeness (QED) is 0.761. The van der Waals surface area contributed by atoms with Gasteiger partial charge in [0.15, 0.2) is 11.4 Å². The van der Waals surface area contributed by atoms with Crippen molar-refractivity contribution in [3.8, 4) is 0 Å². The van der Waals surface area contributed by atoms with Gasteiger partial charge in [0, 0.05) is 6.42 Å². The van der Waals surface area contributed by atoms with Crippen molar-refractivity contribution in [3.05, 3.63) is 23.1 Å². The van der Waals surface area contributed by atoms with Crippen LogP contribution in [0.3, 0.4) is 0 Å². The minimum absolute atomic E-state index is 0.217. The Balaban J connectivity index is 2.14. The zero-order valence-corrected chi connectivity index (χ0v) is 12.9. The molecule has 0 radical (unpaired) electrons. The Morgan fingerprint density at radius 3 is 2.85 bits per heavy atom. The Morgan fingerprint density at radius 2 is 2.15 bits per heavy atom. The Morgan fingerprint density at radius 1 is 1.40 bits per heavy atom. The molecule has 0 saturated carbocycles. The fraction of sp³-hybridized carbons (Fsp3) is 0.533. The summed E-state index contributed by atoms with van der Waals surface area (Å²) < 4.78 is 1.85. The number of aromatic nitrogens is 3. The molecule has 0 amide bonds. The van der Waals surface area contributed by atoms with Gasteiger partial charge in [-0.15, -0.1) is 0 Å². The molecule has 0 saturated heterocycles. The number of fused-ring (bicyclic) bond motifs is 1.